The van der Waals surface area contributed by atoms with Gasteiger partial charge in [-0.05, 0) is 72.9 Å². The van der Waals surface area contributed by atoms with Crippen molar-refractivity contribution in [2.24, 2.45) is 0 Å². The van der Waals surface area contributed by atoms with Crippen LogP contribution < -0.4 is 18.9 Å². The van der Waals surface area contributed by atoms with Crippen molar-refractivity contribution < 1.29 is 28.5 Å². The van der Waals surface area contributed by atoms with Crippen LogP contribution in [-0.2, 0) is 0 Å². The van der Waals surface area contributed by atoms with Crippen LogP contribution in [-0.4, -0.2) is 40.0 Å². The maximum Gasteiger partial charge on any atom is 0.240 e. The summed E-state index contributed by atoms with van der Waals surface area (Å²) >= 11 is 0. The molecule has 0 saturated heterocycles. The quantitative estimate of drug-likeness (QED) is 0.416. The van der Waals surface area contributed by atoms with Crippen molar-refractivity contribution in [2.45, 2.75) is 13.8 Å². The van der Waals surface area contributed by atoms with Gasteiger partial charge in [0.25, 0.3) is 0 Å². The molecule has 6 nitrogen and oxygen atoms in total. The SMILES string of the molecule is COc1cc(C(=O)C#CC#CC(=O)c2cc(OC)c(C)cc2OC)c(OC)cc1C. The normalized spacial score (nSPS) is 9.40. The molecule has 2 aromatic rings. The Morgan fingerprint density at radius 2 is 0.933 bits per heavy atom. The van der Waals surface area contributed by atoms with E-state index in [4.69, 9.17) is 18.9 Å². The zero-order valence-corrected chi connectivity index (χ0v) is 17.8. The van der Waals surface area contributed by atoms with Gasteiger partial charge in [-0.1, -0.05) is 0 Å². The Balaban J connectivity index is 2.29. The Bertz CT molecular complexity index is 1020. The van der Waals surface area contributed by atoms with E-state index >= 15 is 0 Å². The topological polar surface area (TPSA) is 71.1 Å². The summed E-state index contributed by atoms with van der Waals surface area (Å²) in [6, 6.07) is 6.51. The van der Waals surface area contributed by atoms with Gasteiger partial charge >= 0.3 is 0 Å². The number of ketones is 2. The molecule has 30 heavy (non-hydrogen) atoms. The van der Waals surface area contributed by atoms with Crippen molar-refractivity contribution in [2.75, 3.05) is 28.4 Å². The summed E-state index contributed by atoms with van der Waals surface area (Å²) in [5, 5.41) is 0. The smallest absolute Gasteiger partial charge is 0.240 e. The minimum Gasteiger partial charge on any atom is -0.496 e. The number of rotatable bonds is 6. The van der Waals surface area contributed by atoms with E-state index in [0.29, 0.717) is 23.0 Å². The molecular formula is C24H22O6. The van der Waals surface area contributed by atoms with Crippen LogP contribution in [0.4, 0.5) is 0 Å². The molecule has 2 rings (SSSR count). The van der Waals surface area contributed by atoms with Gasteiger partial charge in [0, 0.05) is 0 Å². The molecule has 0 amide bonds. The molecule has 0 N–H and O–H groups in total. The zero-order chi connectivity index (χ0) is 22.3. The summed E-state index contributed by atoms with van der Waals surface area (Å²) in [7, 11) is 5.96. The molecule has 0 fully saturated rings. The second-order valence-electron chi connectivity index (χ2n) is 6.20. The molecule has 0 aliphatic carbocycles. The molecule has 0 bridgehead atoms. The van der Waals surface area contributed by atoms with Crippen molar-refractivity contribution in [3.05, 3.63) is 46.5 Å². The Kier molecular flexibility index (Phi) is 7.50. The van der Waals surface area contributed by atoms with Crippen molar-refractivity contribution in [3.8, 4) is 46.7 Å². The number of carbonyl (C=O) groups is 2. The van der Waals surface area contributed by atoms with Crippen LogP contribution in [0.5, 0.6) is 23.0 Å². The van der Waals surface area contributed by atoms with Crippen LogP contribution in [0.1, 0.15) is 31.8 Å². The van der Waals surface area contributed by atoms with Gasteiger partial charge in [0.05, 0.1) is 39.6 Å². The van der Waals surface area contributed by atoms with E-state index in [-0.39, 0.29) is 11.1 Å². The predicted molar refractivity (Wildman–Crippen MR) is 113 cm³/mol. The van der Waals surface area contributed by atoms with Crippen LogP contribution in [0.3, 0.4) is 0 Å². The minimum atomic E-state index is -0.499. The Labute approximate surface area is 176 Å². The average Bonchev–Trinajstić information content (AvgIpc) is 2.75. The summed E-state index contributed by atoms with van der Waals surface area (Å²) in [4.78, 5) is 24.9. The summed E-state index contributed by atoms with van der Waals surface area (Å²) < 4.78 is 21.0. The molecule has 2 aromatic carbocycles. The number of hydrogen-bond donors (Lipinski definition) is 0. The lowest BCUT2D eigenvalue weighted by Crippen LogP contribution is -2.02. The van der Waals surface area contributed by atoms with Crippen molar-refractivity contribution >= 4 is 11.6 Å². The van der Waals surface area contributed by atoms with Crippen LogP contribution in [0.15, 0.2) is 24.3 Å². The number of carbonyl (C=O) groups excluding carboxylic acids is 2. The first-order valence-electron chi connectivity index (χ1n) is 8.92. The van der Waals surface area contributed by atoms with E-state index in [1.54, 1.807) is 24.3 Å². The van der Waals surface area contributed by atoms with Crippen molar-refractivity contribution in [1.82, 2.24) is 0 Å². The molecule has 154 valence electrons. The van der Waals surface area contributed by atoms with Crippen LogP contribution in [0.2, 0.25) is 0 Å². The number of methoxy groups -OCH3 is 4. The fourth-order valence-corrected chi connectivity index (χ4v) is 2.77. The highest BCUT2D eigenvalue weighted by Gasteiger charge is 2.15. The molecule has 0 aliphatic heterocycles. The summed E-state index contributed by atoms with van der Waals surface area (Å²) in [5.41, 5.74) is 2.16. The molecule has 0 spiro atoms. The zero-order valence-electron chi connectivity index (χ0n) is 17.8. The number of benzene rings is 2. The van der Waals surface area contributed by atoms with E-state index in [1.807, 2.05) is 13.8 Å². The number of hydrogen-bond acceptors (Lipinski definition) is 6. The minimum absolute atomic E-state index is 0.255. The molecule has 0 heterocycles. The lowest BCUT2D eigenvalue weighted by molar-refractivity contribution is 0.104. The van der Waals surface area contributed by atoms with Gasteiger partial charge in [0.1, 0.15) is 23.0 Å². The summed E-state index contributed by atoms with van der Waals surface area (Å²) in [5.74, 6) is 10.5. The highest BCUT2D eigenvalue weighted by Crippen LogP contribution is 2.29. The van der Waals surface area contributed by atoms with Gasteiger partial charge in [-0.2, -0.15) is 0 Å². The third kappa shape index (κ3) is 4.92. The molecule has 0 saturated carbocycles. The molecule has 0 unspecified atom stereocenters. The summed E-state index contributed by atoms with van der Waals surface area (Å²) in [6.07, 6.45) is 0. The fourth-order valence-electron chi connectivity index (χ4n) is 2.77. The van der Waals surface area contributed by atoms with Crippen LogP contribution >= 0.6 is 0 Å². The third-order valence-electron chi connectivity index (χ3n) is 4.34. The second-order valence-corrected chi connectivity index (χ2v) is 6.20. The van der Waals surface area contributed by atoms with E-state index in [9.17, 15) is 9.59 Å². The molecule has 6 heteroatoms. The maximum atomic E-state index is 12.4. The first-order valence-corrected chi connectivity index (χ1v) is 8.92. The van der Waals surface area contributed by atoms with E-state index in [0.717, 1.165) is 11.1 Å². The predicted octanol–water partition coefficient (Wildman–Crippen LogP) is 3.41. The Morgan fingerprint density at radius 3 is 1.23 bits per heavy atom. The molecule has 0 aliphatic rings. The first-order chi connectivity index (χ1) is 14.4. The molecule has 0 atom stereocenters. The van der Waals surface area contributed by atoms with Gasteiger partial charge in [0.15, 0.2) is 0 Å². The lowest BCUT2D eigenvalue weighted by atomic mass is 10.1. The number of aryl methyl sites for hydroxylation is 2. The Morgan fingerprint density at radius 1 is 0.600 bits per heavy atom. The van der Waals surface area contributed by atoms with E-state index < -0.39 is 11.6 Å². The summed E-state index contributed by atoms with van der Waals surface area (Å²) in [6.45, 7) is 3.68. The van der Waals surface area contributed by atoms with Crippen LogP contribution in [0.25, 0.3) is 0 Å². The lowest BCUT2D eigenvalue weighted by Gasteiger charge is -2.10. The highest BCUT2D eigenvalue weighted by atomic mass is 16.5. The van der Waals surface area contributed by atoms with Crippen LogP contribution in [0, 0.1) is 37.5 Å². The van der Waals surface area contributed by atoms with Gasteiger partial charge in [-0.25, -0.2) is 0 Å². The van der Waals surface area contributed by atoms with Gasteiger partial charge in [-0.15, -0.1) is 0 Å². The van der Waals surface area contributed by atoms with E-state index in [2.05, 4.69) is 23.7 Å². The van der Waals surface area contributed by atoms with Crippen molar-refractivity contribution in [3.63, 3.8) is 0 Å². The standard InChI is InChI=1S/C24H22O6/c1-15-11-23(29-5)17(13-21(15)27-3)19(25)9-7-8-10-20(26)18-14-22(28-4)16(2)12-24(18)30-6/h11-14H,1-6H3. The highest BCUT2D eigenvalue weighted by molar-refractivity contribution is 6.13. The average molecular weight is 406 g/mol. The van der Waals surface area contributed by atoms with E-state index in [1.165, 1.54) is 28.4 Å². The molecule has 0 radical (unpaired) electrons. The second kappa shape index (κ2) is 10.0. The van der Waals surface area contributed by atoms with Gasteiger partial charge in [0.2, 0.25) is 11.6 Å². The van der Waals surface area contributed by atoms with Crippen molar-refractivity contribution in [1.29, 1.82) is 0 Å². The fraction of sp³-hybridized carbons (Fsp3) is 0.250. The Hall–Kier alpha value is -3.90. The number of Topliss-reactive ketones (excluding diaryl/α,β-unsaturated/α-hetero) is 2. The third-order valence-corrected chi connectivity index (χ3v) is 4.34. The number of ether oxygens (including phenoxy) is 4. The largest absolute Gasteiger partial charge is 0.496 e. The van der Waals surface area contributed by atoms with Gasteiger partial charge < -0.3 is 18.9 Å². The van der Waals surface area contributed by atoms with Gasteiger partial charge in [-0.3, -0.25) is 9.59 Å². The maximum absolute atomic E-state index is 12.4. The molecule has 0 aromatic heterocycles. The molecular weight excluding hydrogens is 384 g/mol. The first kappa shape index (κ1) is 22.4. The monoisotopic (exact) mass is 406 g/mol.